The monoisotopic (exact) mass is 284 g/mol. The summed E-state index contributed by atoms with van der Waals surface area (Å²) in [4.78, 5) is 0. The fourth-order valence-electron chi connectivity index (χ4n) is 2.06. The predicted octanol–water partition coefficient (Wildman–Crippen LogP) is 1.03. The quantitative estimate of drug-likeness (QED) is 0.738. The summed E-state index contributed by atoms with van der Waals surface area (Å²) < 4.78 is 16.4. The van der Waals surface area contributed by atoms with Crippen molar-refractivity contribution in [1.82, 2.24) is 15.5 Å². The Kier molecular flexibility index (Phi) is 5.33. The number of anilines is 1. The molecule has 1 aromatic heterocycles. The third-order valence-corrected chi connectivity index (χ3v) is 3.36. The van der Waals surface area contributed by atoms with Crippen molar-refractivity contribution in [2.24, 2.45) is 5.92 Å². The highest BCUT2D eigenvalue weighted by atomic mass is 16.5. The predicted molar refractivity (Wildman–Crippen MR) is 74.5 cm³/mol. The molecule has 1 aromatic rings. The lowest BCUT2D eigenvalue weighted by atomic mass is 10.0. The molecule has 2 N–H and O–H groups in total. The number of nitrogens with one attached hydrogen (secondary N) is 2. The number of nitrogens with zero attached hydrogens (tertiary/aromatic N) is 2. The van der Waals surface area contributed by atoms with E-state index in [2.05, 4.69) is 34.7 Å². The van der Waals surface area contributed by atoms with Gasteiger partial charge in [-0.05, 0) is 12.5 Å². The number of hydrogen-bond donors (Lipinski definition) is 2. The minimum atomic E-state index is -0.287. The third kappa shape index (κ3) is 4.16. The molecule has 1 saturated heterocycles. The van der Waals surface area contributed by atoms with E-state index in [1.807, 2.05) is 0 Å². The molecular weight excluding hydrogens is 260 g/mol. The molecule has 0 aromatic carbocycles. The Labute approximate surface area is 119 Å². The summed E-state index contributed by atoms with van der Waals surface area (Å²) in [5, 5.41) is 14.4. The molecule has 114 valence electrons. The van der Waals surface area contributed by atoms with Gasteiger partial charge in [0.1, 0.15) is 5.60 Å². The van der Waals surface area contributed by atoms with Crippen LogP contribution >= 0.6 is 0 Å². The lowest BCUT2D eigenvalue weighted by Crippen LogP contribution is -2.39. The molecular formula is C13H24N4O3. The highest BCUT2D eigenvalue weighted by Gasteiger charge is 2.35. The summed E-state index contributed by atoms with van der Waals surface area (Å²) in [5.41, 5.74) is -0.287. The molecule has 0 bridgehead atoms. The van der Waals surface area contributed by atoms with Gasteiger partial charge >= 0.3 is 6.01 Å². The number of hydrogen-bond acceptors (Lipinski definition) is 7. The Hall–Kier alpha value is -1.18. The van der Waals surface area contributed by atoms with Crippen molar-refractivity contribution in [2.45, 2.75) is 32.4 Å². The van der Waals surface area contributed by atoms with Crippen molar-refractivity contribution in [1.29, 1.82) is 0 Å². The molecule has 2 rings (SSSR count). The molecule has 1 aliphatic heterocycles. The van der Waals surface area contributed by atoms with E-state index in [4.69, 9.17) is 13.9 Å². The van der Waals surface area contributed by atoms with Gasteiger partial charge in [-0.3, -0.25) is 0 Å². The van der Waals surface area contributed by atoms with Crippen molar-refractivity contribution >= 4 is 6.01 Å². The molecule has 0 aliphatic carbocycles. The van der Waals surface area contributed by atoms with Crippen LogP contribution < -0.4 is 10.6 Å². The number of rotatable bonds is 8. The van der Waals surface area contributed by atoms with Crippen LogP contribution in [0.1, 0.15) is 26.2 Å². The van der Waals surface area contributed by atoms with Crippen LogP contribution in [0.25, 0.3) is 0 Å². The lowest BCUT2D eigenvalue weighted by molar-refractivity contribution is -0.00654. The molecule has 2 heterocycles. The first-order valence-electron chi connectivity index (χ1n) is 7.03. The maximum absolute atomic E-state index is 5.53. The van der Waals surface area contributed by atoms with Gasteiger partial charge in [0.25, 0.3) is 0 Å². The average molecular weight is 284 g/mol. The molecule has 1 aliphatic rings. The maximum atomic E-state index is 5.53. The van der Waals surface area contributed by atoms with Crippen LogP contribution in [-0.4, -0.2) is 49.2 Å². The van der Waals surface area contributed by atoms with Gasteiger partial charge in [0.15, 0.2) is 0 Å². The van der Waals surface area contributed by atoms with E-state index in [9.17, 15) is 0 Å². The Balaban J connectivity index is 1.77. The van der Waals surface area contributed by atoms with Crippen LogP contribution in [0, 0.1) is 5.92 Å². The standard InChI is InChI=1S/C13H24N4O3/c1-10(2)6-14-7-11-16-17-12(20-11)15-8-13(18-3)4-5-19-9-13/h10,14H,4-9H2,1-3H3,(H,15,17). The summed E-state index contributed by atoms with van der Waals surface area (Å²) in [6.07, 6.45) is 0.868. The van der Waals surface area contributed by atoms with Gasteiger partial charge in [0.05, 0.1) is 19.7 Å². The van der Waals surface area contributed by atoms with Crippen LogP contribution in [0.2, 0.25) is 0 Å². The zero-order chi connectivity index (χ0) is 14.4. The fourth-order valence-corrected chi connectivity index (χ4v) is 2.06. The van der Waals surface area contributed by atoms with E-state index >= 15 is 0 Å². The second-order valence-corrected chi connectivity index (χ2v) is 5.57. The molecule has 1 fully saturated rings. The molecule has 1 atom stereocenters. The minimum Gasteiger partial charge on any atom is -0.407 e. The van der Waals surface area contributed by atoms with Crippen molar-refractivity contribution in [3.8, 4) is 0 Å². The van der Waals surface area contributed by atoms with Gasteiger partial charge in [0.2, 0.25) is 5.89 Å². The first-order chi connectivity index (χ1) is 9.63. The normalized spacial score (nSPS) is 22.6. The first kappa shape index (κ1) is 15.2. The van der Waals surface area contributed by atoms with Gasteiger partial charge in [-0.2, -0.15) is 0 Å². The van der Waals surface area contributed by atoms with Gasteiger partial charge in [-0.15, -0.1) is 5.10 Å². The molecule has 1 unspecified atom stereocenters. The summed E-state index contributed by atoms with van der Waals surface area (Å²) in [6, 6.07) is 0.426. The second kappa shape index (κ2) is 7.01. The Morgan fingerprint density at radius 2 is 2.25 bits per heavy atom. The summed E-state index contributed by atoms with van der Waals surface area (Å²) in [6.45, 7) is 7.74. The van der Waals surface area contributed by atoms with Crippen LogP contribution in [0.4, 0.5) is 6.01 Å². The van der Waals surface area contributed by atoms with Gasteiger partial charge in [-0.1, -0.05) is 18.9 Å². The maximum Gasteiger partial charge on any atom is 0.315 e. The molecule has 0 amide bonds. The first-order valence-corrected chi connectivity index (χ1v) is 7.03. The highest BCUT2D eigenvalue weighted by molar-refractivity contribution is 5.18. The van der Waals surface area contributed by atoms with Crippen molar-refractivity contribution in [2.75, 3.05) is 38.7 Å². The zero-order valence-corrected chi connectivity index (χ0v) is 12.4. The van der Waals surface area contributed by atoms with Crippen LogP contribution in [0.5, 0.6) is 0 Å². The minimum absolute atomic E-state index is 0.287. The van der Waals surface area contributed by atoms with E-state index in [0.29, 0.717) is 37.5 Å². The number of methoxy groups -OCH3 is 1. The highest BCUT2D eigenvalue weighted by Crippen LogP contribution is 2.22. The Morgan fingerprint density at radius 3 is 2.90 bits per heavy atom. The smallest absolute Gasteiger partial charge is 0.315 e. The number of ether oxygens (including phenoxy) is 2. The fraction of sp³-hybridized carbons (Fsp3) is 0.846. The summed E-state index contributed by atoms with van der Waals surface area (Å²) in [7, 11) is 1.70. The second-order valence-electron chi connectivity index (χ2n) is 5.57. The molecule has 7 heteroatoms. The average Bonchev–Trinajstić information content (AvgIpc) is 3.05. The largest absolute Gasteiger partial charge is 0.407 e. The van der Waals surface area contributed by atoms with Crippen molar-refractivity contribution in [3.63, 3.8) is 0 Å². The lowest BCUT2D eigenvalue weighted by Gasteiger charge is -2.25. The van der Waals surface area contributed by atoms with Gasteiger partial charge < -0.3 is 24.5 Å². The SMILES string of the molecule is COC1(CNc2nnc(CNCC(C)C)o2)CCOC1. The van der Waals surface area contributed by atoms with E-state index in [-0.39, 0.29) is 5.60 Å². The third-order valence-electron chi connectivity index (χ3n) is 3.36. The Bertz CT molecular complexity index is 402. The molecule has 0 saturated carbocycles. The van der Waals surface area contributed by atoms with E-state index in [1.165, 1.54) is 0 Å². The van der Waals surface area contributed by atoms with Crippen molar-refractivity contribution < 1.29 is 13.9 Å². The summed E-state index contributed by atoms with van der Waals surface area (Å²) >= 11 is 0. The van der Waals surface area contributed by atoms with Gasteiger partial charge in [0, 0.05) is 20.1 Å². The molecule has 20 heavy (non-hydrogen) atoms. The van der Waals surface area contributed by atoms with E-state index in [1.54, 1.807) is 7.11 Å². The van der Waals surface area contributed by atoms with Crippen LogP contribution in [0.3, 0.4) is 0 Å². The van der Waals surface area contributed by atoms with Crippen LogP contribution in [-0.2, 0) is 16.0 Å². The van der Waals surface area contributed by atoms with E-state index in [0.717, 1.165) is 19.6 Å². The van der Waals surface area contributed by atoms with E-state index < -0.39 is 0 Å². The topological polar surface area (TPSA) is 81.4 Å². The number of aromatic nitrogens is 2. The summed E-state index contributed by atoms with van der Waals surface area (Å²) in [5.74, 6) is 1.18. The molecule has 0 radical (unpaired) electrons. The Morgan fingerprint density at radius 1 is 1.40 bits per heavy atom. The van der Waals surface area contributed by atoms with Gasteiger partial charge in [-0.25, -0.2) is 0 Å². The zero-order valence-electron chi connectivity index (χ0n) is 12.4. The molecule has 0 spiro atoms. The molecule has 7 nitrogen and oxygen atoms in total. The van der Waals surface area contributed by atoms with Crippen molar-refractivity contribution in [3.05, 3.63) is 5.89 Å². The van der Waals surface area contributed by atoms with Crippen LogP contribution in [0.15, 0.2) is 4.42 Å².